The van der Waals surface area contributed by atoms with E-state index in [0.29, 0.717) is 4.77 Å². The van der Waals surface area contributed by atoms with E-state index in [1.165, 1.54) is 0 Å². The largest absolute Gasteiger partial charge is 0.314 e. The second kappa shape index (κ2) is 3.99. The van der Waals surface area contributed by atoms with Gasteiger partial charge in [0.25, 0.3) is 0 Å². The van der Waals surface area contributed by atoms with Gasteiger partial charge in [0.15, 0.2) is 0 Å². The predicted molar refractivity (Wildman–Crippen MR) is 51.9 cm³/mol. The molecule has 3 N–H and O–H groups in total. The first-order valence-corrected chi connectivity index (χ1v) is 4.82. The minimum atomic E-state index is 0.533. The smallest absolute Gasteiger partial charge is 0.213 e. The summed E-state index contributed by atoms with van der Waals surface area (Å²) in [5.41, 5.74) is 0. The molecule has 0 aliphatic carbocycles. The summed E-state index contributed by atoms with van der Waals surface area (Å²) in [5, 5.41) is 9.05. The van der Waals surface area contributed by atoms with Crippen molar-refractivity contribution < 1.29 is 0 Å². The lowest BCUT2D eigenvalue weighted by Crippen LogP contribution is -2.43. The first-order chi connectivity index (χ1) is 6.34. The number of rotatable bonds is 2. The van der Waals surface area contributed by atoms with E-state index in [1.807, 2.05) is 0 Å². The van der Waals surface area contributed by atoms with Gasteiger partial charge >= 0.3 is 0 Å². The van der Waals surface area contributed by atoms with Crippen LogP contribution >= 0.6 is 12.2 Å². The molecule has 0 radical (unpaired) electrons. The second-order valence-corrected chi connectivity index (χ2v) is 3.53. The lowest BCUT2D eigenvalue weighted by molar-refractivity contribution is 0.228. The summed E-state index contributed by atoms with van der Waals surface area (Å²) in [5.74, 6) is 0.923. The van der Waals surface area contributed by atoms with Crippen LogP contribution in [0, 0.1) is 4.77 Å². The van der Waals surface area contributed by atoms with Crippen molar-refractivity contribution in [3.05, 3.63) is 10.6 Å². The van der Waals surface area contributed by atoms with Crippen LogP contribution in [0.15, 0.2) is 0 Å². The zero-order valence-electron chi connectivity index (χ0n) is 7.34. The number of aromatic nitrogens is 3. The topological polar surface area (TPSA) is 59.7 Å². The molecule has 0 amide bonds. The van der Waals surface area contributed by atoms with Crippen molar-refractivity contribution in [3.63, 3.8) is 0 Å². The van der Waals surface area contributed by atoms with E-state index >= 15 is 0 Å². The highest BCUT2D eigenvalue weighted by atomic mass is 32.1. The maximum Gasteiger partial charge on any atom is 0.213 e. The van der Waals surface area contributed by atoms with E-state index in [2.05, 4.69) is 25.4 Å². The molecule has 1 aromatic rings. The number of piperazine rings is 1. The Morgan fingerprint density at radius 1 is 1.31 bits per heavy atom. The first kappa shape index (κ1) is 8.86. The average Bonchev–Trinajstić information content (AvgIpc) is 2.53. The predicted octanol–water partition coefficient (Wildman–Crippen LogP) is -0.128. The van der Waals surface area contributed by atoms with E-state index in [1.54, 1.807) is 0 Å². The van der Waals surface area contributed by atoms with Crippen LogP contribution < -0.4 is 5.32 Å². The van der Waals surface area contributed by atoms with E-state index in [9.17, 15) is 0 Å². The Balaban J connectivity index is 1.93. The summed E-state index contributed by atoms with van der Waals surface area (Å²) in [7, 11) is 0. The molecule has 0 aromatic carbocycles. The molecule has 1 fully saturated rings. The normalized spacial score (nSPS) is 19.1. The summed E-state index contributed by atoms with van der Waals surface area (Å²) in [4.78, 5) is 6.49. The Labute approximate surface area is 81.5 Å². The van der Waals surface area contributed by atoms with Gasteiger partial charge < -0.3 is 5.32 Å². The summed E-state index contributed by atoms with van der Waals surface area (Å²) in [6, 6.07) is 0. The Bertz CT molecular complexity index is 311. The summed E-state index contributed by atoms with van der Waals surface area (Å²) < 4.78 is 0.533. The second-order valence-electron chi connectivity index (χ2n) is 3.14. The molecule has 0 saturated carbocycles. The molecule has 2 rings (SSSR count). The highest BCUT2D eigenvalue weighted by molar-refractivity contribution is 7.71. The summed E-state index contributed by atoms with van der Waals surface area (Å²) >= 11 is 4.87. The Morgan fingerprint density at radius 3 is 2.69 bits per heavy atom. The molecule has 5 nitrogen and oxygen atoms in total. The zero-order chi connectivity index (χ0) is 9.10. The van der Waals surface area contributed by atoms with Crippen LogP contribution in [0.25, 0.3) is 0 Å². The number of nitrogens with one attached hydrogen (secondary N) is 3. The lowest BCUT2D eigenvalue weighted by atomic mass is 10.3. The van der Waals surface area contributed by atoms with Crippen molar-refractivity contribution in [2.75, 3.05) is 26.2 Å². The monoisotopic (exact) mass is 199 g/mol. The van der Waals surface area contributed by atoms with Gasteiger partial charge in [-0.15, -0.1) is 0 Å². The molecule has 0 spiro atoms. The Hall–Kier alpha value is -0.720. The van der Waals surface area contributed by atoms with Gasteiger partial charge in [-0.3, -0.25) is 15.1 Å². The lowest BCUT2D eigenvalue weighted by Gasteiger charge is -2.25. The Kier molecular flexibility index (Phi) is 2.72. The van der Waals surface area contributed by atoms with Crippen molar-refractivity contribution in [1.82, 2.24) is 25.4 Å². The maximum atomic E-state index is 4.87. The fourth-order valence-electron chi connectivity index (χ4n) is 1.46. The van der Waals surface area contributed by atoms with Crippen LogP contribution in [0.4, 0.5) is 0 Å². The van der Waals surface area contributed by atoms with Crippen LogP contribution in [-0.4, -0.2) is 46.3 Å². The van der Waals surface area contributed by atoms with Crippen LogP contribution in [0.3, 0.4) is 0 Å². The molecule has 0 bridgehead atoms. The van der Waals surface area contributed by atoms with Gasteiger partial charge in [0.1, 0.15) is 5.82 Å². The molecule has 1 aromatic heterocycles. The number of aromatic amines is 2. The molecular formula is C7H13N5S. The highest BCUT2D eigenvalue weighted by Gasteiger charge is 2.10. The van der Waals surface area contributed by atoms with E-state index in [-0.39, 0.29) is 0 Å². The van der Waals surface area contributed by atoms with Crippen LogP contribution in [-0.2, 0) is 6.54 Å². The van der Waals surface area contributed by atoms with Crippen LogP contribution in [0.1, 0.15) is 5.82 Å². The molecule has 13 heavy (non-hydrogen) atoms. The zero-order valence-corrected chi connectivity index (χ0v) is 8.15. The third-order valence-electron chi connectivity index (χ3n) is 2.13. The third-order valence-corrected chi connectivity index (χ3v) is 2.33. The van der Waals surface area contributed by atoms with E-state index in [0.717, 1.165) is 38.5 Å². The molecule has 1 aliphatic heterocycles. The summed E-state index contributed by atoms with van der Waals surface area (Å²) in [6.07, 6.45) is 0. The molecule has 6 heteroatoms. The highest BCUT2D eigenvalue weighted by Crippen LogP contribution is 1.98. The number of H-pyrrole nitrogens is 2. The van der Waals surface area contributed by atoms with Gasteiger partial charge in [-0.05, 0) is 12.2 Å². The number of nitrogens with zero attached hydrogens (tertiary/aromatic N) is 2. The molecule has 1 aliphatic rings. The number of hydrogen-bond acceptors (Lipinski definition) is 4. The van der Waals surface area contributed by atoms with Crippen LogP contribution in [0.5, 0.6) is 0 Å². The molecule has 72 valence electrons. The minimum absolute atomic E-state index is 0.533. The minimum Gasteiger partial charge on any atom is -0.314 e. The first-order valence-electron chi connectivity index (χ1n) is 4.41. The van der Waals surface area contributed by atoms with Crippen molar-refractivity contribution in [2.24, 2.45) is 0 Å². The molecule has 1 saturated heterocycles. The van der Waals surface area contributed by atoms with Gasteiger partial charge in [-0.2, -0.15) is 0 Å². The van der Waals surface area contributed by atoms with Crippen molar-refractivity contribution in [2.45, 2.75) is 6.54 Å². The van der Waals surface area contributed by atoms with Crippen molar-refractivity contribution >= 4 is 12.2 Å². The van der Waals surface area contributed by atoms with Crippen molar-refractivity contribution in [1.29, 1.82) is 0 Å². The SMILES string of the molecule is S=c1nc(CN2CCNCC2)[nH][nH]1. The quantitative estimate of drug-likeness (QED) is 0.581. The molecular weight excluding hydrogens is 186 g/mol. The van der Waals surface area contributed by atoms with Gasteiger partial charge in [0.05, 0.1) is 6.54 Å². The van der Waals surface area contributed by atoms with Gasteiger partial charge in [0.2, 0.25) is 4.77 Å². The fourth-order valence-corrected chi connectivity index (χ4v) is 1.62. The van der Waals surface area contributed by atoms with Crippen LogP contribution in [0.2, 0.25) is 0 Å². The molecule has 2 heterocycles. The van der Waals surface area contributed by atoms with Gasteiger partial charge in [-0.25, -0.2) is 4.98 Å². The molecule has 0 unspecified atom stereocenters. The fraction of sp³-hybridized carbons (Fsp3) is 0.714. The van der Waals surface area contributed by atoms with Gasteiger partial charge in [-0.1, -0.05) is 0 Å². The standard InChI is InChI=1S/C7H13N5S/c13-7-9-6(10-11-7)5-12-3-1-8-2-4-12/h8H,1-5H2,(H2,9,10,11,13). The Morgan fingerprint density at radius 2 is 2.08 bits per heavy atom. The van der Waals surface area contributed by atoms with E-state index < -0.39 is 0 Å². The maximum absolute atomic E-state index is 4.87. The number of hydrogen-bond donors (Lipinski definition) is 3. The third kappa shape index (κ3) is 2.36. The summed E-state index contributed by atoms with van der Waals surface area (Å²) in [6.45, 7) is 5.13. The molecule has 0 atom stereocenters. The van der Waals surface area contributed by atoms with Gasteiger partial charge in [0, 0.05) is 26.2 Å². The van der Waals surface area contributed by atoms with Crippen molar-refractivity contribution in [3.8, 4) is 0 Å². The van der Waals surface area contributed by atoms with E-state index in [4.69, 9.17) is 12.2 Å². The average molecular weight is 199 g/mol.